The van der Waals surface area contributed by atoms with Crippen molar-refractivity contribution >= 4 is 26.9 Å². The number of hydrogen-bond acceptors (Lipinski definition) is 5. The quantitative estimate of drug-likeness (QED) is 0.457. The summed E-state index contributed by atoms with van der Waals surface area (Å²) >= 11 is 1.79. The highest BCUT2D eigenvalue weighted by molar-refractivity contribution is 7.17. The highest BCUT2D eigenvalue weighted by Crippen LogP contribution is 2.22. The number of rotatable bonds is 0. The second-order valence-electron chi connectivity index (χ2n) is 3.89. The summed E-state index contributed by atoms with van der Waals surface area (Å²) in [7, 11) is -4.94. The molecule has 0 aliphatic rings. The fraction of sp³-hybridized carbons (Fsp3) is 0.0833. The summed E-state index contributed by atoms with van der Waals surface area (Å²) in [6, 6.07) is 8.72. The fourth-order valence-electron chi connectivity index (χ4n) is 1.77. The van der Waals surface area contributed by atoms with Crippen LogP contribution in [0, 0.1) is 17.2 Å². The first-order chi connectivity index (χ1) is 8.84. The summed E-state index contributed by atoms with van der Waals surface area (Å²) in [6.07, 6.45) is 4.23. The van der Waals surface area contributed by atoms with Crippen LogP contribution in [0.25, 0.3) is 15.6 Å². The summed E-state index contributed by atoms with van der Waals surface area (Å²) in [5, 5.41) is 3.49. The first-order valence-corrected chi connectivity index (χ1v) is 7.35. The molecule has 0 aliphatic heterocycles. The van der Waals surface area contributed by atoms with Crippen molar-refractivity contribution < 1.29 is 33.3 Å². The molecule has 0 N–H and O–H groups in total. The normalized spacial score (nSPS) is 11.4. The summed E-state index contributed by atoms with van der Waals surface area (Å²) < 4.78 is 37.5. The first-order valence-electron chi connectivity index (χ1n) is 5.24. The van der Waals surface area contributed by atoms with E-state index in [9.17, 15) is 0 Å². The van der Waals surface area contributed by atoms with E-state index in [1.165, 1.54) is 21.2 Å². The smallest absolute Gasteiger partial charge is 0.219 e. The van der Waals surface area contributed by atoms with Crippen molar-refractivity contribution in [2.24, 2.45) is 0 Å². The van der Waals surface area contributed by atoms with Gasteiger partial charge in [0.15, 0.2) is 12.4 Å². The summed E-state index contributed by atoms with van der Waals surface area (Å²) in [6.45, 7) is 2.13. The number of aryl methyl sites for hydroxylation is 1. The molecule has 0 saturated carbocycles. The van der Waals surface area contributed by atoms with E-state index < -0.39 is 10.2 Å². The lowest BCUT2D eigenvalue weighted by atomic mass is 10.2. The molecule has 0 amide bonds. The van der Waals surface area contributed by atoms with Crippen LogP contribution in [0.1, 0.15) is 5.56 Å². The van der Waals surface area contributed by atoms with Crippen molar-refractivity contribution in [1.29, 1.82) is 0 Å². The van der Waals surface area contributed by atoms with Gasteiger partial charge in [-0.15, -0.1) is 21.6 Å². The minimum atomic E-state index is -4.94. The van der Waals surface area contributed by atoms with Crippen molar-refractivity contribution in [3.63, 3.8) is 0 Å². The molecule has 0 radical (unpaired) electrons. The topological polar surface area (TPSA) is 96.3 Å². The molecule has 0 saturated heterocycles. The van der Waals surface area contributed by atoms with Gasteiger partial charge in [-0.05, 0) is 23.9 Å². The van der Waals surface area contributed by atoms with Gasteiger partial charge >= 0.3 is 0 Å². The Kier molecular flexibility index (Phi) is 4.00. The van der Waals surface area contributed by atoms with Crippen LogP contribution in [0.2, 0.25) is 0 Å². The van der Waals surface area contributed by atoms with Gasteiger partial charge < -0.3 is 0 Å². The molecular weight excluding hydrogens is 290 g/mol. The largest absolute Gasteiger partial charge is 0.222 e. The van der Waals surface area contributed by atoms with Crippen LogP contribution < -0.4 is 23.0 Å². The Bertz CT molecular complexity index is 702. The Morgan fingerprint density at radius 3 is 2.37 bits per heavy atom. The lowest BCUT2D eigenvalue weighted by Gasteiger charge is -2.17. The summed E-state index contributed by atoms with van der Waals surface area (Å²) in [5.41, 5.74) is 2.60. The molecule has 0 aromatic carbocycles. The lowest BCUT2D eigenvalue weighted by Crippen LogP contribution is -2.68. The van der Waals surface area contributed by atoms with Gasteiger partial charge in [-0.1, -0.05) is 0 Å². The highest BCUT2D eigenvalue weighted by Gasteiger charge is 2.07. The summed E-state index contributed by atoms with van der Waals surface area (Å²) in [5.74, 6) is 0. The van der Waals surface area contributed by atoms with Crippen molar-refractivity contribution in [2.75, 3.05) is 0 Å². The maximum absolute atomic E-state index is 8.49. The first kappa shape index (κ1) is 14.1. The van der Waals surface area contributed by atoms with Crippen LogP contribution in [0.5, 0.6) is 0 Å². The van der Waals surface area contributed by atoms with Gasteiger partial charge in [0, 0.05) is 22.9 Å². The van der Waals surface area contributed by atoms with Crippen LogP contribution in [0.3, 0.4) is 0 Å². The third-order valence-corrected chi connectivity index (χ3v) is 3.38. The Hall–Kier alpha value is -1.28. The molecule has 7 heteroatoms. The van der Waals surface area contributed by atoms with Gasteiger partial charge in [0.2, 0.25) is 5.52 Å². The molecule has 0 spiro atoms. The number of hydrogen-bond donors (Lipinski definition) is 0. The van der Waals surface area contributed by atoms with Gasteiger partial charge in [-0.3, -0.25) is 0 Å². The average Bonchev–Trinajstić information content (AvgIpc) is 2.75. The molecule has 0 fully saturated rings. The van der Waals surface area contributed by atoms with Crippen LogP contribution in [0.15, 0.2) is 42.0 Å². The highest BCUT2D eigenvalue weighted by atomic mass is 35.7. The predicted octanol–water partition coefficient (Wildman–Crippen LogP) is -1.81. The maximum Gasteiger partial charge on any atom is 0.219 e. The van der Waals surface area contributed by atoms with E-state index in [2.05, 4.69) is 53.4 Å². The zero-order chi connectivity index (χ0) is 14.0. The van der Waals surface area contributed by atoms with E-state index in [4.69, 9.17) is 18.6 Å². The van der Waals surface area contributed by atoms with E-state index in [0.29, 0.717) is 0 Å². The Balaban J connectivity index is 0.000000232. The van der Waals surface area contributed by atoms with E-state index in [1.807, 2.05) is 0 Å². The molecule has 0 bridgehead atoms. The second-order valence-corrected chi connectivity index (χ2v) is 5.59. The van der Waals surface area contributed by atoms with Crippen molar-refractivity contribution in [3.05, 3.63) is 47.6 Å². The molecule has 5 nitrogen and oxygen atoms in total. The minimum Gasteiger partial charge on any atom is -0.222 e. The van der Waals surface area contributed by atoms with Crippen LogP contribution in [-0.4, -0.2) is 0 Å². The third kappa shape index (κ3) is 3.84. The number of pyridine rings is 2. The van der Waals surface area contributed by atoms with E-state index in [-0.39, 0.29) is 0 Å². The van der Waals surface area contributed by atoms with E-state index >= 15 is 0 Å². The lowest BCUT2D eigenvalue weighted by molar-refractivity contribution is -2.00. The summed E-state index contributed by atoms with van der Waals surface area (Å²) in [4.78, 5) is 0. The standard InChI is InChI=1S/C12H10NS.ClHO4/c1-9-2-5-13-6-3-12-10(4-7-14-12)11(13)8-9;2-1(3,4)5/h2-8H,1H3;(H,2,3,4,5)/q+1;/p-1. The van der Waals surface area contributed by atoms with E-state index in [0.717, 1.165) is 0 Å². The van der Waals surface area contributed by atoms with E-state index in [1.54, 1.807) is 11.3 Å². The van der Waals surface area contributed by atoms with Crippen LogP contribution >= 0.6 is 11.3 Å². The zero-order valence-electron chi connectivity index (χ0n) is 9.91. The number of thiophene rings is 1. The van der Waals surface area contributed by atoms with Gasteiger partial charge in [-0.25, -0.2) is 18.6 Å². The zero-order valence-corrected chi connectivity index (χ0v) is 11.5. The maximum atomic E-state index is 8.49. The average molecular weight is 300 g/mol. The SMILES string of the molecule is Cc1cc[n+]2ccc3sccc3c2c1.[O-][Cl+3]([O-])([O-])[O-]. The molecule has 100 valence electrons. The number of aromatic nitrogens is 1. The number of halogens is 1. The van der Waals surface area contributed by atoms with Crippen molar-refractivity contribution in [2.45, 2.75) is 6.92 Å². The Labute approximate surface area is 115 Å². The molecule has 3 aromatic heterocycles. The minimum absolute atomic E-state index is 1.30. The predicted molar refractivity (Wildman–Crippen MR) is 59.7 cm³/mol. The van der Waals surface area contributed by atoms with Gasteiger partial charge in [0.05, 0.1) is 5.39 Å². The molecule has 0 aliphatic carbocycles. The second kappa shape index (κ2) is 5.38. The number of nitrogens with zero attached hydrogens (tertiary/aromatic N) is 1. The van der Waals surface area contributed by atoms with Crippen molar-refractivity contribution in [3.8, 4) is 0 Å². The molecule has 0 atom stereocenters. The molecule has 3 heterocycles. The van der Waals surface area contributed by atoms with Gasteiger partial charge in [0.25, 0.3) is 0 Å². The molecule has 3 aromatic rings. The van der Waals surface area contributed by atoms with Crippen LogP contribution in [-0.2, 0) is 0 Å². The third-order valence-electron chi connectivity index (χ3n) is 2.50. The Morgan fingerprint density at radius 2 is 1.68 bits per heavy atom. The molecule has 19 heavy (non-hydrogen) atoms. The molecular formula is C12H10ClNO4S. The molecule has 0 unspecified atom stereocenters. The fourth-order valence-corrected chi connectivity index (χ4v) is 2.56. The Morgan fingerprint density at radius 1 is 1.05 bits per heavy atom. The van der Waals surface area contributed by atoms with Gasteiger partial charge in [-0.2, -0.15) is 4.40 Å². The number of fused-ring (bicyclic) bond motifs is 3. The van der Waals surface area contributed by atoms with Crippen molar-refractivity contribution in [1.82, 2.24) is 0 Å². The molecule has 3 rings (SSSR count). The van der Waals surface area contributed by atoms with Gasteiger partial charge in [0.1, 0.15) is 0 Å². The monoisotopic (exact) mass is 299 g/mol. The van der Waals surface area contributed by atoms with Crippen LogP contribution in [0.4, 0.5) is 0 Å².